The second-order valence-electron chi connectivity index (χ2n) is 5.03. The molecule has 0 unspecified atom stereocenters. The molecule has 1 heteroatoms. The largest absolute Gasteiger partial charge is 0.294 e. The zero-order valence-corrected chi connectivity index (χ0v) is 9.63. The number of rotatable bonds is 2. The average molecular weight is 206 g/mol. The van der Waals surface area contributed by atoms with E-state index in [1.165, 1.54) is 44.1 Å². The van der Waals surface area contributed by atoms with Crippen LogP contribution in [0.1, 0.15) is 64.2 Å². The van der Waals surface area contributed by atoms with Gasteiger partial charge in [-0.2, -0.15) is 0 Å². The summed E-state index contributed by atoms with van der Waals surface area (Å²) in [5, 5.41) is 0. The molecule has 0 radical (unpaired) electrons. The van der Waals surface area contributed by atoms with Crippen LogP contribution in [0.2, 0.25) is 0 Å². The predicted octanol–water partition coefficient (Wildman–Crippen LogP) is 4.03. The normalized spacial score (nSPS) is 24.4. The van der Waals surface area contributed by atoms with Crippen LogP contribution in [0.15, 0.2) is 11.6 Å². The van der Waals surface area contributed by atoms with Gasteiger partial charge in [0, 0.05) is 5.92 Å². The summed E-state index contributed by atoms with van der Waals surface area (Å²) in [6, 6.07) is 0. The van der Waals surface area contributed by atoms with Crippen LogP contribution in [0.5, 0.6) is 0 Å². The smallest absolute Gasteiger partial charge is 0.161 e. The SMILES string of the molecule is O=C(C1=CCCCCC1)C1CCCCC1. The molecule has 0 aromatic heterocycles. The van der Waals surface area contributed by atoms with Crippen molar-refractivity contribution >= 4 is 5.78 Å². The van der Waals surface area contributed by atoms with Crippen molar-refractivity contribution in [2.45, 2.75) is 64.2 Å². The number of Topliss-reactive ketones (excluding diaryl/α,β-unsaturated/α-hetero) is 1. The maximum absolute atomic E-state index is 12.2. The van der Waals surface area contributed by atoms with Crippen molar-refractivity contribution < 1.29 is 4.79 Å². The third-order valence-electron chi connectivity index (χ3n) is 3.83. The van der Waals surface area contributed by atoms with Gasteiger partial charge >= 0.3 is 0 Å². The van der Waals surface area contributed by atoms with Gasteiger partial charge in [0.2, 0.25) is 0 Å². The minimum absolute atomic E-state index is 0.378. The van der Waals surface area contributed by atoms with Gasteiger partial charge in [-0.3, -0.25) is 4.79 Å². The van der Waals surface area contributed by atoms with E-state index in [-0.39, 0.29) is 0 Å². The molecule has 1 fully saturated rings. The van der Waals surface area contributed by atoms with Crippen LogP contribution in [-0.2, 0) is 4.79 Å². The van der Waals surface area contributed by atoms with Crippen molar-refractivity contribution in [2.24, 2.45) is 5.92 Å². The summed E-state index contributed by atoms with van der Waals surface area (Å²) in [6.45, 7) is 0. The van der Waals surface area contributed by atoms with Crippen LogP contribution in [-0.4, -0.2) is 5.78 Å². The Labute approximate surface area is 92.9 Å². The lowest BCUT2D eigenvalue weighted by Crippen LogP contribution is -2.19. The van der Waals surface area contributed by atoms with Crippen LogP contribution in [0.3, 0.4) is 0 Å². The Morgan fingerprint density at radius 2 is 1.73 bits per heavy atom. The van der Waals surface area contributed by atoms with E-state index in [0.717, 1.165) is 25.7 Å². The van der Waals surface area contributed by atoms with Gasteiger partial charge in [-0.25, -0.2) is 0 Å². The van der Waals surface area contributed by atoms with Gasteiger partial charge in [0.25, 0.3) is 0 Å². The lowest BCUT2D eigenvalue weighted by atomic mass is 9.83. The van der Waals surface area contributed by atoms with Crippen LogP contribution in [0.25, 0.3) is 0 Å². The van der Waals surface area contributed by atoms with Crippen molar-refractivity contribution in [1.82, 2.24) is 0 Å². The number of carbonyl (C=O) groups excluding carboxylic acids is 1. The highest BCUT2D eigenvalue weighted by Gasteiger charge is 2.23. The Balaban J connectivity index is 1.95. The van der Waals surface area contributed by atoms with E-state index in [2.05, 4.69) is 6.08 Å². The minimum atomic E-state index is 0.378. The lowest BCUT2D eigenvalue weighted by molar-refractivity contribution is -0.120. The van der Waals surface area contributed by atoms with E-state index in [9.17, 15) is 4.79 Å². The van der Waals surface area contributed by atoms with Gasteiger partial charge in [-0.1, -0.05) is 31.8 Å². The van der Waals surface area contributed by atoms with Crippen molar-refractivity contribution in [3.63, 3.8) is 0 Å². The van der Waals surface area contributed by atoms with Gasteiger partial charge in [-0.05, 0) is 44.1 Å². The quantitative estimate of drug-likeness (QED) is 0.666. The van der Waals surface area contributed by atoms with E-state index >= 15 is 0 Å². The average Bonchev–Trinajstić information content (AvgIpc) is 2.58. The second-order valence-corrected chi connectivity index (χ2v) is 5.03. The molecule has 2 rings (SSSR count). The summed E-state index contributed by atoms with van der Waals surface area (Å²) in [5.74, 6) is 0.875. The molecule has 0 spiro atoms. The highest BCUT2D eigenvalue weighted by atomic mass is 16.1. The Morgan fingerprint density at radius 1 is 1.00 bits per heavy atom. The Kier molecular flexibility index (Phi) is 3.99. The number of allylic oxidation sites excluding steroid dienone is 2. The molecular formula is C14H22O. The van der Waals surface area contributed by atoms with Crippen LogP contribution >= 0.6 is 0 Å². The fraction of sp³-hybridized carbons (Fsp3) is 0.786. The molecule has 1 saturated carbocycles. The molecule has 0 atom stereocenters. The monoisotopic (exact) mass is 206 g/mol. The maximum atomic E-state index is 12.2. The van der Waals surface area contributed by atoms with Gasteiger partial charge in [-0.15, -0.1) is 0 Å². The zero-order chi connectivity index (χ0) is 10.5. The van der Waals surface area contributed by atoms with E-state index in [0.29, 0.717) is 11.7 Å². The van der Waals surface area contributed by atoms with E-state index in [4.69, 9.17) is 0 Å². The molecule has 0 aliphatic heterocycles. The molecule has 0 aromatic carbocycles. The fourth-order valence-corrected chi connectivity index (χ4v) is 2.87. The van der Waals surface area contributed by atoms with Crippen molar-refractivity contribution in [2.75, 3.05) is 0 Å². The molecule has 0 saturated heterocycles. The first-order chi connectivity index (χ1) is 7.38. The maximum Gasteiger partial charge on any atom is 0.161 e. The van der Waals surface area contributed by atoms with Crippen LogP contribution in [0, 0.1) is 5.92 Å². The molecule has 2 aliphatic rings. The topological polar surface area (TPSA) is 17.1 Å². The zero-order valence-electron chi connectivity index (χ0n) is 9.63. The molecule has 84 valence electrons. The number of ketones is 1. The molecule has 15 heavy (non-hydrogen) atoms. The first-order valence-corrected chi connectivity index (χ1v) is 6.61. The van der Waals surface area contributed by atoms with Gasteiger partial charge < -0.3 is 0 Å². The van der Waals surface area contributed by atoms with Gasteiger partial charge in [0.1, 0.15) is 0 Å². The lowest BCUT2D eigenvalue weighted by Gasteiger charge is -2.21. The summed E-state index contributed by atoms with van der Waals surface area (Å²) in [4.78, 5) is 12.2. The van der Waals surface area contributed by atoms with Crippen molar-refractivity contribution in [3.8, 4) is 0 Å². The first-order valence-electron chi connectivity index (χ1n) is 6.61. The fourth-order valence-electron chi connectivity index (χ4n) is 2.87. The van der Waals surface area contributed by atoms with Crippen LogP contribution < -0.4 is 0 Å². The van der Waals surface area contributed by atoms with Gasteiger partial charge in [0.15, 0.2) is 5.78 Å². The third kappa shape index (κ3) is 2.93. The summed E-state index contributed by atoms with van der Waals surface area (Å²) in [5.41, 5.74) is 1.17. The van der Waals surface area contributed by atoms with Gasteiger partial charge in [0.05, 0.1) is 0 Å². The highest BCUT2D eigenvalue weighted by Crippen LogP contribution is 2.29. The molecular weight excluding hydrogens is 184 g/mol. The molecule has 0 aromatic rings. The number of hydrogen-bond donors (Lipinski definition) is 0. The molecule has 0 amide bonds. The van der Waals surface area contributed by atoms with Crippen LogP contribution in [0.4, 0.5) is 0 Å². The number of hydrogen-bond acceptors (Lipinski definition) is 1. The molecule has 1 nitrogen and oxygen atoms in total. The van der Waals surface area contributed by atoms with E-state index < -0.39 is 0 Å². The summed E-state index contributed by atoms with van der Waals surface area (Å²) >= 11 is 0. The summed E-state index contributed by atoms with van der Waals surface area (Å²) in [6.07, 6.45) is 14.4. The van der Waals surface area contributed by atoms with Crippen molar-refractivity contribution in [1.29, 1.82) is 0 Å². The molecule has 2 aliphatic carbocycles. The summed E-state index contributed by atoms with van der Waals surface area (Å²) < 4.78 is 0. The minimum Gasteiger partial charge on any atom is -0.294 e. The molecule has 0 N–H and O–H groups in total. The number of carbonyl (C=O) groups is 1. The first kappa shape index (κ1) is 10.9. The Morgan fingerprint density at radius 3 is 2.53 bits per heavy atom. The van der Waals surface area contributed by atoms with Crippen molar-refractivity contribution in [3.05, 3.63) is 11.6 Å². The molecule has 0 heterocycles. The molecule has 0 bridgehead atoms. The van der Waals surface area contributed by atoms with E-state index in [1.807, 2.05) is 0 Å². The van der Waals surface area contributed by atoms with E-state index in [1.54, 1.807) is 0 Å². The highest BCUT2D eigenvalue weighted by molar-refractivity contribution is 5.97. The Hall–Kier alpha value is -0.590. The third-order valence-corrected chi connectivity index (χ3v) is 3.83. The predicted molar refractivity (Wildman–Crippen MR) is 62.8 cm³/mol. The standard InChI is InChI=1S/C14H22O/c15-14(13-10-6-3-7-11-13)12-8-4-1-2-5-9-12/h8,13H,1-7,9-11H2. The Bertz CT molecular complexity index is 246. The second kappa shape index (κ2) is 5.48. The summed E-state index contributed by atoms with van der Waals surface area (Å²) in [7, 11) is 0.